The van der Waals surface area contributed by atoms with Gasteiger partial charge in [-0.25, -0.2) is 0 Å². The highest BCUT2D eigenvalue weighted by atomic mass is 28.3. The molecule has 1 radical (unpaired) electrons. The van der Waals surface area contributed by atoms with E-state index in [1.807, 2.05) is 6.92 Å². The fraction of sp³-hybridized carbons (Fsp3) is 0.200. The lowest BCUT2D eigenvalue weighted by Gasteiger charge is -2.02. The van der Waals surface area contributed by atoms with Crippen LogP contribution in [-0.2, 0) is 0 Å². The van der Waals surface area contributed by atoms with Gasteiger partial charge in [-0.2, -0.15) is 0 Å². The van der Waals surface area contributed by atoms with Crippen LogP contribution in [0.25, 0.3) is 16.8 Å². The van der Waals surface area contributed by atoms with Gasteiger partial charge in [-0.05, 0) is 28.4 Å². The first-order valence-electron chi connectivity index (χ1n) is 5.99. The summed E-state index contributed by atoms with van der Waals surface area (Å²) in [6.07, 6.45) is 4.22. The van der Waals surface area contributed by atoms with Gasteiger partial charge in [0.1, 0.15) is 0 Å². The summed E-state index contributed by atoms with van der Waals surface area (Å²) in [7, 11) is -1.14. The highest BCUT2D eigenvalue weighted by Crippen LogP contribution is 2.19. The molecule has 2 heteroatoms. The van der Waals surface area contributed by atoms with Gasteiger partial charge < -0.3 is 4.80 Å². The molecule has 0 spiro atoms. The van der Waals surface area contributed by atoms with Crippen LogP contribution < -0.4 is 0 Å². The van der Waals surface area contributed by atoms with E-state index in [2.05, 4.69) is 54.6 Å². The van der Waals surface area contributed by atoms with E-state index in [-0.39, 0.29) is 0 Å². The summed E-state index contributed by atoms with van der Waals surface area (Å²) in [6, 6.07) is 16.4. The summed E-state index contributed by atoms with van der Waals surface area (Å²) in [5.41, 5.74) is 1.23. The lowest BCUT2D eigenvalue weighted by Crippen LogP contribution is -2.06. The quantitative estimate of drug-likeness (QED) is 0.806. The molecule has 0 saturated heterocycles. The number of rotatable bonds is 4. The Morgan fingerprint density at radius 1 is 1.12 bits per heavy atom. The summed E-state index contributed by atoms with van der Waals surface area (Å²) in [5.74, 6) is 0. The van der Waals surface area contributed by atoms with Gasteiger partial charge in [0.25, 0.3) is 0 Å². The zero-order valence-electron chi connectivity index (χ0n) is 10.1. The summed E-state index contributed by atoms with van der Waals surface area (Å²) in [6.45, 7) is 2.04. The van der Waals surface area contributed by atoms with Gasteiger partial charge in [0.05, 0.1) is 0 Å². The van der Waals surface area contributed by atoms with Gasteiger partial charge in [0.15, 0.2) is 0 Å². The van der Waals surface area contributed by atoms with E-state index in [1.165, 1.54) is 16.3 Å². The summed E-state index contributed by atoms with van der Waals surface area (Å²) >= 11 is 0. The van der Waals surface area contributed by atoms with Crippen molar-refractivity contribution < 1.29 is 4.80 Å². The lowest BCUT2D eigenvalue weighted by molar-refractivity contribution is 0.573. The molecular formula is C15H17OSi. The molecule has 0 aromatic heterocycles. The third-order valence-corrected chi connectivity index (χ3v) is 4.41. The second kappa shape index (κ2) is 5.80. The molecule has 17 heavy (non-hydrogen) atoms. The Morgan fingerprint density at radius 2 is 1.88 bits per heavy atom. The van der Waals surface area contributed by atoms with Crippen molar-refractivity contribution in [1.29, 1.82) is 0 Å². The molecule has 0 unspecified atom stereocenters. The average molecular weight is 241 g/mol. The fourth-order valence-electron chi connectivity index (χ4n) is 1.86. The van der Waals surface area contributed by atoms with Gasteiger partial charge in [-0.3, -0.25) is 0 Å². The van der Waals surface area contributed by atoms with E-state index in [0.717, 1.165) is 12.1 Å². The minimum atomic E-state index is -1.14. The number of fused-ring (bicyclic) bond motifs is 1. The van der Waals surface area contributed by atoms with Crippen LogP contribution in [0.4, 0.5) is 0 Å². The van der Waals surface area contributed by atoms with Crippen molar-refractivity contribution in [2.24, 2.45) is 0 Å². The standard InChI is InChI=1S/C15H17OSi/c1-2-17(16)12-6-10-14-9-5-8-13-7-3-4-11-15(13)14/h3-11,16H,2,12H2,1H3. The van der Waals surface area contributed by atoms with Crippen LogP contribution in [0.5, 0.6) is 0 Å². The Balaban J connectivity index is 2.24. The van der Waals surface area contributed by atoms with Crippen LogP contribution in [-0.4, -0.2) is 13.8 Å². The highest BCUT2D eigenvalue weighted by Gasteiger charge is 2.01. The topological polar surface area (TPSA) is 20.2 Å². The molecule has 0 saturated carbocycles. The zero-order chi connectivity index (χ0) is 12.1. The summed E-state index contributed by atoms with van der Waals surface area (Å²) in [4.78, 5) is 9.60. The third kappa shape index (κ3) is 3.05. The number of hydrogen-bond acceptors (Lipinski definition) is 1. The smallest absolute Gasteiger partial charge is 0.210 e. The molecule has 0 heterocycles. The van der Waals surface area contributed by atoms with Crippen LogP contribution in [0, 0.1) is 0 Å². The first kappa shape index (κ1) is 12.1. The maximum atomic E-state index is 9.60. The summed E-state index contributed by atoms with van der Waals surface area (Å²) < 4.78 is 0. The predicted octanol–water partition coefficient (Wildman–Crippen LogP) is 3.86. The molecular weight excluding hydrogens is 224 g/mol. The average Bonchev–Trinajstić information content (AvgIpc) is 2.39. The molecule has 1 nitrogen and oxygen atoms in total. The van der Waals surface area contributed by atoms with Gasteiger partial charge in [-0.15, -0.1) is 0 Å². The fourth-order valence-corrected chi connectivity index (χ4v) is 2.54. The normalized spacial score (nSPS) is 11.7. The molecule has 0 aliphatic heterocycles. The largest absolute Gasteiger partial charge is 0.431 e. The van der Waals surface area contributed by atoms with Crippen molar-refractivity contribution in [1.82, 2.24) is 0 Å². The maximum absolute atomic E-state index is 9.60. The Hall–Kier alpha value is -1.38. The zero-order valence-corrected chi connectivity index (χ0v) is 11.1. The molecule has 0 bridgehead atoms. The molecule has 2 rings (SSSR count). The van der Waals surface area contributed by atoms with Crippen LogP contribution in [0.1, 0.15) is 12.5 Å². The highest BCUT2D eigenvalue weighted by molar-refractivity contribution is 6.50. The van der Waals surface area contributed by atoms with Crippen molar-refractivity contribution >= 4 is 25.9 Å². The number of allylic oxidation sites excluding steroid dienone is 1. The second-order valence-electron chi connectivity index (χ2n) is 4.09. The van der Waals surface area contributed by atoms with Crippen LogP contribution in [0.3, 0.4) is 0 Å². The third-order valence-electron chi connectivity index (χ3n) is 2.88. The number of benzene rings is 2. The van der Waals surface area contributed by atoms with E-state index in [4.69, 9.17) is 0 Å². The monoisotopic (exact) mass is 241 g/mol. The lowest BCUT2D eigenvalue weighted by atomic mass is 10.0. The Kier molecular flexibility index (Phi) is 4.12. The van der Waals surface area contributed by atoms with E-state index in [9.17, 15) is 4.80 Å². The Bertz CT molecular complexity index is 514. The first-order valence-corrected chi connectivity index (χ1v) is 7.85. The van der Waals surface area contributed by atoms with Gasteiger partial charge >= 0.3 is 0 Å². The van der Waals surface area contributed by atoms with Crippen molar-refractivity contribution in [3.8, 4) is 0 Å². The first-order chi connectivity index (χ1) is 8.31. The van der Waals surface area contributed by atoms with E-state index >= 15 is 0 Å². The molecule has 87 valence electrons. The van der Waals surface area contributed by atoms with Gasteiger partial charge in [0, 0.05) is 0 Å². The number of hydrogen-bond donors (Lipinski definition) is 1. The van der Waals surface area contributed by atoms with Crippen molar-refractivity contribution in [2.45, 2.75) is 19.0 Å². The molecule has 0 aliphatic rings. The van der Waals surface area contributed by atoms with E-state index < -0.39 is 9.04 Å². The van der Waals surface area contributed by atoms with Gasteiger partial charge in [0.2, 0.25) is 9.04 Å². The summed E-state index contributed by atoms with van der Waals surface area (Å²) in [5, 5.41) is 2.54. The molecule has 0 amide bonds. The SMILES string of the molecule is CC[Si](O)CC=Cc1cccc2ccccc12. The minimum Gasteiger partial charge on any atom is -0.431 e. The van der Waals surface area contributed by atoms with Crippen molar-refractivity contribution in [3.63, 3.8) is 0 Å². The molecule has 0 atom stereocenters. The van der Waals surface area contributed by atoms with E-state index in [0.29, 0.717) is 0 Å². The van der Waals surface area contributed by atoms with Crippen molar-refractivity contribution in [3.05, 3.63) is 54.1 Å². The van der Waals surface area contributed by atoms with Crippen LogP contribution in [0.2, 0.25) is 12.1 Å². The van der Waals surface area contributed by atoms with E-state index in [1.54, 1.807) is 0 Å². The Morgan fingerprint density at radius 3 is 2.71 bits per heavy atom. The molecule has 2 aromatic carbocycles. The molecule has 0 aliphatic carbocycles. The van der Waals surface area contributed by atoms with Crippen molar-refractivity contribution in [2.75, 3.05) is 0 Å². The maximum Gasteiger partial charge on any atom is 0.210 e. The molecule has 1 N–H and O–H groups in total. The van der Waals surface area contributed by atoms with Gasteiger partial charge in [-0.1, -0.05) is 61.5 Å². The molecule has 0 fully saturated rings. The van der Waals surface area contributed by atoms with Crippen LogP contribution >= 0.6 is 0 Å². The second-order valence-corrected chi connectivity index (χ2v) is 6.34. The predicted molar refractivity (Wildman–Crippen MR) is 76.2 cm³/mol. The minimum absolute atomic E-state index is 0.824. The molecule has 2 aromatic rings. The van der Waals surface area contributed by atoms with Crippen LogP contribution in [0.15, 0.2) is 48.5 Å². The Labute approximate surface area is 104 Å².